The number of amides is 1. The van der Waals surface area contributed by atoms with E-state index in [1.807, 2.05) is 91.9 Å². The molecule has 27 heavy (non-hydrogen) atoms. The molecule has 0 N–H and O–H groups in total. The van der Waals surface area contributed by atoms with Crippen LogP contribution in [0.4, 0.5) is 0 Å². The number of carbonyl (C=O) groups is 1. The van der Waals surface area contributed by atoms with Crippen molar-refractivity contribution < 1.29 is 9.53 Å². The molecule has 3 aromatic rings. The van der Waals surface area contributed by atoms with Gasteiger partial charge in [-0.05, 0) is 48.9 Å². The molecule has 3 rings (SSSR count). The molecule has 0 saturated heterocycles. The lowest BCUT2D eigenvalue weighted by Gasteiger charge is -2.30. The van der Waals surface area contributed by atoms with Crippen molar-refractivity contribution in [3.05, 3.63) is 102 Å². The number of benzene rings is 3. The number of carbonyl (C=O) groups excluding carboxylic acids is 1. The van der Waals surface area contributed by atoms with Crippen LogP contribution in [0.1, 0.15) is 34.5 Å². The van der Waals surface area contributed by atoms with E-state index in [2.05, 4.69) is 0 Å². The molecule has 0 aliphatic rings. The number of nitrogens with zero attached hydrogens (tertiary/aromatic N) is 1. The second kappa shape index (κ2) is 8.60. The van der Waals surface area contributed by atoms with E-state index in [1.54, 1.807) is 12.0 Å². The van der Waals surface area contributed by atoms with Crippen LogP contribution in [-0.2, 0) is 0 Å². The number of thiocarbonyl (C=S) groups is 1. The van der Waals surface area contributed by atoms with E-state index in [4.69, 9.17) is 17.0 Å². The van der Waals surface area contributed by atoms with Gasteiger partial charge in [0.2, 0.25) is 0 Å². The maximum absolute atomic E-state index is 13.3. The van der Waals surface area contributed by atoms with Gasteiger partial charge in [-0.2, -0.15) is 0 Å². The molecule has 0 spiro atoms. The van der Waals surface area contributed by atoms with Gasteiger partial charge < -0.3 is 4.74 Å². The summed E-state index contributed by atoms with van der Waals surface area (Å²) in [6.07, 6.45) is 0. The van der Waals surface area contributed by atoms with Crippen molar-refractivity contribution in [1.29, 1.82) is 0 Å². The van der Waals surface area contributed by atoms with E-state index in [9.17, 15) is 4.79 Å². The van der Waals surface area contributed by atoms with Gasteiger partial charge in [-0.25, -0.2) is 0 Å². The third kappa shape index (κ3) is 4.23. The molecule has 0 aliphatic heterocycles. The second-order valence-corrected chi connectivity index (χ2v) is 6.55. The molecule has 0 radical (unpaired) electrons. The molecule has 3 nitrogen and oxygen atoms in total. The Morgan fingerprint density at radius 2 is 1.41 bits per heavy atom. The average Bonchev–Trinajstić information content (AvgIpc) is 2.75. The summed E-state index contributed by atoms with van der Waals surface area (Å²) in [5.74, 6) is 0.631. The fraction of sp³-hybridized carbons (Fsp3) is 0.130. The van der Waals surface area contributed by atoms with Crippen molar-refractivity contribution in [1.82, 2.24) is 4.90 Å². The van der Waals surface area contributed by atoms with Crippen molar-refractivity contribution in [2.75, 3.05) is 7.11 Å². The van der Waals surface area contributed by atoms with Gasteiger partial charge in [0.15, 0.2) is 0 Å². The zero-order valence-corrected chi connectivity index (χ0v) is 16.1. The quantitative estimate of drug-likeness (QED) is 0.569. The van der Waals surface area contributed by atoms with Crippen LogP contribution in [-0.4, -0.2) is 22.9 Å². The molecule has 3 aromatic carbocycles. The number of hydrogen-bond acceptors (Lipinski definition) is 3. The summed E-state index contributed by atoms with van der Waals surface area (Å²) >= 11 is 5.74. The van der Waals surface area contributed by atoms with Gasteiger partial charge in [-0.1, -0.05) is 60.7 Å². The third-order valence-corrected chi connectivity index (χ3v) is 4.90. The molecule has 0 aromatic heterocycles. The molecule has 0 bridgehead atoms. The largest absolute Gasteiger partial charge is 0.497 e. The van der Waals surface area contributed by atoms with E-state index in [0.717, 1.165) is 16.9 Å². The summed E-state index contributed by atoms with van der Waals surface area (Å²) in [6.45, 7) is 1.99. The summed E-state index contributed by atoms with van der Waals surface area (Å²) in [7, 11) is 1.62. The Kier molecular flexibility index (Phi) is 5.99. The van der Waals surface area contributed by atoms with Crippen LogP contribution < -0.4 is 4.74 Å². The molecule has 0 aliphatic carbocycles. The van der Waals surface area contributed by atoms with E-state index in [-0.39, 0.29) is 11.9 Å². The zero-order valence-electron chi connectivity index (χ0n) is 15.3. The third-order valence-electron chi connectivity index (χ3n) is 4.46. The van der Waals surface area contributed by atoms with Crippen LogP contribution in [0.15, 0.2) is 84.9 Å². The summed E-state index contributed by atoms with van der Waals surface area (Å²) in [6, 6.07) is 26.4. The SMILES string of the molecule is COc1ccc(C(=S)N(C(=O)c2ccccc2)[C@H](C)c2ccccc2)cc1. The molecular weight excluding hydrogens is 354 g/mol. The number of hydrogen-bond donors (Lipinski definition) is 0. The first-order valence-electron chi connectivity index (χ1n) is 8.73. The maximum Gasteiger partial charge on any atom is 0.259 e. The second-order valence-electron chi connectivity index (χ2n) is 6.16. The van der Waals surface area contributed by atoms with Gasteiger partial charge >= 0.3 is 0 Å². The smallest absolute Gasteiger partial charge is 0.259 e. The van der Waals surface area contributed by atoms with E-state index in [1.165, 1.54) is 0 Å². The highest BCUT2D eigenvalue weighted by Crippen LogP contribution is 2.26. The fourth-order valence-corrected chi connectivity index (χ4v) is 3.29. The predicted molar refractivity (Wildman–Crippen MR) is 112 cm³/mol. The fourth-order valence-electron chi connectivity index (χ4n) is 2.92. The van der Waals surface area contributed by atoms with Gasteiger partial charge in [0, 0.05) is 11.1 Å². The Balaban J connectivity index is 2.00. The van der Waals surface area contributed by atoms with Crippen LogP contribution in [0.2, 0.25) is 0 Å². The Labute approximate surface area is 165 Å². The zero-order chi connectivity index (χ0) is 19.2. The highest BCUT2D eigenvalue weighted by atomic mass is 32.1. The molecule has 0 unspecified atom stereocenters. The normalized spacial score (nSPS) is 11.5. The number of rotatable bonds is 5. The first-order chi connectivity index (χ1) is 13.1. The lowest BCUT2D eigenvalue weighted by molar-refractivity contribution is 0.0813. The van der Waals surface area contributed by atoms with Crippen molar-refractivity contribution in [2.24, 2.45) is 0 Å². The highest BCUT2D eigenvalue weighted by molar-refractivity contribution is 7.80. The number of methoxy groups -OCH3 is 1. The van der Waals surface area contributed by atoms with Crippen LogP contribution in [0, 0.1) is 0 Å². The first kappa shape index (κ1) is 18.8. The molecule has 4 heteroatoms. The van der Waals surface area contributed by atoms with Crippen LogP contribution >= 0.6 is 12.2 Å². The first-order valence-corrected chi connectivity index (χ1v) is 9.14. The summed E-state index contributed by atoms with van der Waals surface area (Å²) < 4.78 is 5.22. The van der Waals surface area contributed by atoms with Gasteiger partial charge in [-0.3, -0.25) is 9.69 Å². The molecule has 0 fully saturated rings. The van der Waals surface area contributed by atoms with Crippen LogP contribution in [0.3, 0.4) is 0 Å². The lowest BCUT2D eigenvalue weighted by Crippen LogP contribution is -2.38. The van der Waals surface area contributed by atoms with Crippen LogP contribution in [0.5, 0.6) is 5.75 Å². The summed E-state index contributed by atoms with van der Waals surface area (Å²) in [5, 5.41) is 0. The van der Waals surface area contributed by atoms with E-state index < -0.39 is 0 Å². The molecule has 1 amide bonds. The Bertz CT molecular complexity index is 908. The molecule has 0 saturated carbocycles. The van der Waals surface area contributed by atoms with Gasteiger partial charge in [0.1, 0.15) is 10.7 Å². The lowest BCUT2D eigenvalue weighted by atomic mass is 10.0. The summed E-state index contributed by atoms with van der Waals surface area (Å²) in [4.78, 5) is 15.5. The Hall–Kier alpha value is -2.98. The van der Waals surface area contributed by atoms with Crippen molar-refractivity contribution in [2.45, 2.75) is 13.0 Å². The van der Waals surface area contributed by atoms with Crippen molar-refractivity contribution >= 4 is 23.1 Å². The van der Waals surface area contributed by atoms with Gasteiger partial charge in [-0.15, -0.1) is 0 Å². The monoisotopic (exact) mass is 375 g/mol. The molecule has 0 heterocycles. The van der Waals surface area contributed by atoms with E-state index >= 15 is 0 Å². The minimum Gasteiger partial charge on any atom is -0.497 e. The molecule has 1 atom stereocenters. The minimum atomic E-state index is -0.200. The van der Waals surface area contributed by atoms with Gasteiger partial charge in [0.25, 0.3) is 5.91 Å². The van der Waals surface area contributed by atoms with Crippen molar-refractivity contribution in [3.63, 3.8) is 0 Å². The highest BCUT2D eigenvalue weighted by Gasteiger charge is 2.27. The van der Waals surface area contributed by atoms with E-state index in [0.29, 0.717) is 10.6 Å². The van der Waals surface area contributed by atoms with Crippen LogP contribution in [0.25, 0.3) is 0 Å². The predicted octanol–water partition coefficient (Wildman–Crippen LogP) is 5.27. The Morgan fingerprint density at radius 3 is 1.96 bits per heavy atom. The topological polar surface area (TPSA) is 29.5 Å². The Morgan fingerprint density at radius 1 is 0.852 bits per heavy atom. The average molecular weight is 375 g/mol. The minimum absolute atomic E-state index is 0.118. The maximum atomic E-state index is 13.3. The standard InChI is InChI=1S/C23H21NO2S/c1-17(18-9-5-3-6-10-18)24(22(25)19-11-7-4-8-12-19)23(27)20-13-15-21(26-2)16-14-20/h3-17H,1-2H3/t17-/m1/s1. The molecule has 136 valence electrons. The number of ether oxygens (including phenoxy) is 1. The molecular formula is C23H21NO2S. The van der Waals surface area contributed by atoms with Gasteiger partial charge in [0.05, 0.1) is 13.2 Å². The summed E-state index contributed by atoms with van der Waals surface area (Å²) in [5.41, 5.74) is 2.44. The van der Waals surface area contributed by atoms with Crippen molar-refractivity contribution in [3.8, 4) is 5.75 Å².